The molecule has 4 amide bonds. The first-order valence-corrected chi connectivity index (χ1v) is 20.8. The number of nitrogens with zero attached hydrogens (tertiary/aromatic N) is 2. The molecule has 1 saturated heterocycles. The van der Waals surface area contributed by atoms with E-state index in [-0.39, 0.29) is 49.7 Å². The summed E-state index contributed by atoms with van der Waals surface area (Å²) in [7, 11) is -3.57. The molecule has 1 aromatic carbocycles. The molecule has 0 bridgehead atoms. The van der Waals surface area contributed by atoms with Gasteiger partial charge < -0.3 is 26.0 Å². The number of likely N-dealkylation sites (tertiary alicyclic amines) is 1. The number of benzene rings is 1. The van der Waals surface area contributed by atoms with Crippen molar-refractivity contribution in [2.75, 3.05) is 6.54 Å². The van der Waals surface area contributed by atoms with E-state index in [1.807, 2.05) is 12.2 Å². The number of rotatable bonds is 15. The fraction of sp³-hybridized carbons (Fsp3) is 0.649. The van der Waals surface area contributed by atoms with Crippen molar-refractivity contribution < 1.29 is 36.7 Å². The molecular formula is C37H51FN6O7S2. The molecule has 1 unspecified atom stereocenters. The lowest BCUT2D eigenvalue weighted by molar-refractivity contribution is -0.139. The molecule has 6 rings (SSSR count). The van der Waals surface area contributed by atoms with Crippen molar-refractivity contribution in [1.29, 1.82) is 0 Å². The van der Waals surface area contributed by atoms with Crippen LogP contribution in [0.2, 0.25) is 0 Å². The van der Waals surface area contributed by atoms with Crippen LogP contribution in [0.25, 0.3) is 0 Å². The zero-order chi connectivity index (χ0) is 37.9. The molecule has 5 N–H and O–H groups in total. The van der Waals surface area contributed by atoms with E-state index in [0.29, 0.717) is 48.3 Å². The van der Waals surface area contributed by atoms with E-state index in [1.165, 1.54) is 15.9 Å². The smallest absolute Gasteiger partial charge is 0.410 e. The van der Waals surface area contributed by atoms with Gasteiger partial charge in [0.15, 0.2) is 5.11 Å². The summed E-state index contributed by atoms with van der Waals surface area (Å²) in [6, 6.07) is 3.24. The molecule has 0 radical (unpaired) electrons. The number of carbonyl (C=O) groups excluding carboxylic acids is 4. The predicted octanol–water partition coefficient (Wildman–Crippen LogP) is 3.65. The number of hydrogen-bond acceptors (Lipinski definition) is 8. The minimum atomic E-state index is -3.57. The fourth-order valence-corrected chi connectivity index (χ4v) is 9.45. The van der Waals surface area contributed by atoms with Gasteiger partial charge in [-0.3, -0.25) is 24.0 Å². The first-order chi connectivity index (χ1) is 25.2. The normalized spacial score (nSPS) is 26.0. The van der Waals surface area contributed by atoms with Gasteiger partial charge in [-0.15, -0.1) is 0 Å². The van der Waals surface area contributed by atoms with Gasteiger partial charge in [-0.1, -0.05) is 56.9 Å². The number of hydrogen-bond donors (Lipinski definition) is 4. The van der Waals surface area contributed by atoms with Gasteiger partial charge in [0, 0.05) is 24.6 Å². The molecule has 53 heavy (non-hydrogen) atoms. The molecule has 2 heterocycles. The van der Waals surface area contributed by atoms with Crippen molar-refractivity contribution in [2.45, 2.75) is 133 Å². The molecule has 13 nitrogen and oxygen atoms in total. The van der Waals surface area contributed by atoms with Gasteiger partial charge in [0.1, 0.15) is 24.0 Å². The third kappa shape index (κ3) is 9.48. The van der Waals surface area contributed by atoms with Crippen LogP contribution in [0, 0.1) is 17.2 Å². The first-order valence-electron chi connectivity index (χ1n) is 18.9. The van der Waals surface area contributed by atoms with Gasteiger partial charge in [0.05, 0.1) is 23.8 Å². The lowest BCUT2D eigenvalue weighted by atomic mass is 10.0. The third-order valence-corrected chi connectivity index (χ3v) is 13.4. The molecule has 290 valence electrons. The van der Waals surface area contributed by atoms with Crippen LogP contribution in [-0.2, 0) is 42.2 Å². The number of amides is 4. The Balaban J connectivity index is 1.000. The summed E-state index contributed by atoms with van der Waals surface area (Å²) in [4.78, 5) is 55.2. The van der Waals surface area contributed by atoms with Gasteiger partial charge in [-0.25, -0.2) is 17.6 Å². The minimum absolute atomic E-state index is 0.00658. The summed E-state index contributed by atoms with van der Waals surface area (Å²) in [5, 5.41) is 6.45. The van der Waals surface area contributed by atoms with E-state index < -0.39 is 56.8 Å². The molecule has 5 atom stereocenters. The molecule has 2 aliphatic heterocycles. The Bertz CT molecular complexity index is 1730. The second kappa shape index (κ2) is 16.3. The number of halogens is 1. The number of fused-ring (bicyclic) bond motifs is 1. The number of nitrogens with two attached hydrogens (primary N) is 1. The highest BCUT2D eigenvalue weighted by molar-refractivity contribution is 7.91. The van der Waals surface area contributed by atoms with E-state index >= 15 is 0 Å². The monoisotopic (exact) mass is 774 g/mol. The van der Waals surface area contributed by atoms with E-state index in [9.17, 15) is 32.0 Å². The highest BCUT2D eigenvalue weighted by Crippen LogP contribution is 2.53. The Morgan fingerprint density at radius 2 is 1.87 bits per heavy atom. The number of nitrogens with one attached hydrogen (secondary N) is 3. The Kier molecular flexibility index (Phi) is 12.0. The molecule has 3 aliphatic carbocycles. The topological polar surface area (TPSA) is 180 Å². The molecule has 5 aliphatic rings. The molecule has 3 saturated carbocycles. The zero-order valence-electron chi connectivity index (χ0n) is 30.2. The standard InChI is InChI=1S/C37H51FN6O7S2/c1-37(34(47)42-53(49,50)27-16-17-27)19-24(37)11-5-3-2-4-6-15-30(41-35(52)40-25-12-7-8-13-25)33(46)44-21-26(18-31(44)32(39)45)51-36(48)43-20-23-10-9-14-29(38)28(23)22-43/h5,9-11,14,24-27,30-31H,2-4,6-8,12-13,15-22H2,1H3,(H2,39,45)(H,42,47)(H2,40,41,52)/b11-5-/t24-,26?,30+,31+,37+/m1/s1. The van der Waals surface area contributed by atoms with Crippen LogP contribution in [0.3, 0.4) is 0 Å². The summed E-state index contributed by atoms with van der Waals surface area (Å²) < 4.78 is 46.7. The van der Waals surface area contributed by atoms with E-state index in [0.717, 1.165) is 44.9 Å². The minimum Gasteiger partial charge on any atom is -0.444 e. The van der Waals surface area contributed by atoms with Crippen molar-refractivity contribution in [2.24, 2.45) is 17.1 Å². The third-order valence-electron chi connectivity index (χ3n) is 11.4. The number of primary amides is 1. The first kappa shape index (κ1) is 38.9. The van der Waals surface area contributed by atoms with Crippen LogP contribution in [0.4, 0.5) is 9.18 Å². The number of allylic oxidation sites excluding steroid dienone is 2. The van der Waals surface area contributed by atoms with E-state index in [4.69, 9.17) is 22.7 Å². The Hall–Kier alpha value is -3.79. The summed E-state index contributed by atoms with van der Waals surface area (Å²) >= 11 is 5.61. The highest BCUT2D eigenvalue weighted by atomic mass is 32.2. The summed E-state index contributed by atoms with van der Waals surface area (Å²) in [6.45, 7) is 2.06. The van der Waals surface area contributed by atoms with Crippen molar-refractivity contribution in [3.8, 4) is 0 Å². The fourth-order valence-electron chi connectivity index (χ4n) is 7.73. The maximum absolute atomic E-state index is 14.3. The van der Waals surface area contributed by atoms with Crippen LogP contribution in [0.1, 0.15) is 102 Å². The molecule has 1 aromatic rings. The van der Waals surface area contributed by atoms with Crippen LogP contribution in [-0.4, -0.2) is 83.2 Å². The highest BCUT2D eigenvalue weighted by Gasteiger charge is 2.56. The van der Waals surface area contributed by atoms with Crippen molar-refractivity contribution in [1.82, 2.24) is 25.2 Å². The number of carbonyl (C=O) groups is 4. The molecular weight excluding hydrogens is 724 g/mol. The lowest BCUT2D eigenvalue weighted by Crippen LogP contribution is -2.55. The second-order valence-corrected chi connectivity index (χ2v) is 17.9. The average Bonchev–Trinajstić information content (AvgIpc) is 3.86. The maximum Gasteiger partial charge on any atom is 0.410 e. The van der Waals surface area contributed by atoms with Crippen LogP contribution in [0.15, 0.2) is 30.4 Å². The quantitative estimate of drug-likeness (QED) is 0.117. The Morgan fingerprint density at radius 3 is 2.57 bits per heavy atom. The van der Waals surface area contributed by atoms with Gasteiger partial charge in [0.25, 0.3) is 0 Å². The molecule has 0 aromatic heterocycles. The number of ether oxygens (including phenoxy) is 1. The predicted molar refractivity (Wildman–Crippen MR) is 199 cm³/mol. The zero-order valence-corrected chi connectivity index (χ0v) is 31.8. The number of thiocarbonyl (C=S) groups is 1. The van der Waals surface area contributed by atoms with Gasteiger partial charge in [-0.2, -0.15) is 0 Å². The summed E-state index contributed by atoms with van der Waals surface area (Å²) in [6.07, 6.45) is 12.2. The number of unbranched alkanes of at least 4 members (excludes halogenated alkanes) is 3. The van der Waals surface area contributed by atoms with Crippen molar-refractivity contribution in [3.63, 3.8) is 0 Å². The van der Waals surface area contributed by atoms with Gasteiger partial charge in [-0.05, 0) is 81.1 Å². The van der Waals surface area contributed by atoms with Crippen LogP contribution >= 0.6 is 12.2 Å². The molecule has 16 heteroatoms. The average molecular weight is 775 g/mol. The Morgan fingerprint density at radius 1 is 1.11 bits per heavy atom. The summed E-state index contributed by atoms with van der Waals surface area (Å²) in [5.41, 5.74) is 6.20. The molecule has 0 spiro atoms. The summed E-state index contributed by atoms with van der Waals surface area (Å²) in [5.74, 6) is -1.87. The number of sulfonamides is 1. The lowest BCUT2D eigenvalue weighted by Gasteiger charge is -2.29. The molecule has 4 fully saturated rings. The van der Waals surface area contributed by atoms with Gasteiger partial charge >= 0.3 is 6.09 Å². The van der Waals surface area contributed by atoms with Crippen LogP contribution in [0.5, 0.6) is 0 Å². The van der Waals surface area contributed by atoms with E-state index in [1.54, 1.807) is 19.1 Å². The van der Waals surface area contributed by atoms with E-state index in [2.05, 4.69) is 15.4 Å². The van der Waals surface area contributed by atoms with Crippen LogP contribution < -0.4 is 21.1 Å². The van der Waals surface area contributed by atoms with Crippen molar-refractivity contribution >= 4 is 51.2 Å². The Labute approximate surface area is 316 Å². The second-order valence-electron chi connectivity index (χ2n) is 15.5. The largest absolute Gasteiger partial charge is 0.444 e. The van der Waals surface area contributed by atoms with Gasteiger partial charge in [0.2, 0.25) is 27.7 Å². The SMILES string of the molecule is C[C@]1(C(=O)NS(=O)(=O)C2CC2)C[C@H]1/C=C\CCCCC[C@H](NC(=S)NC1CCCC1)C(=O)N1CC(OC(=O)N2Cc3cccc(F)c3C2)C[C@H]1C(N)=O. The van der Waals surface area contributed by atoms with Crippen molar-refractivity contribution in [3.05, 3.63) is 47.3 Å². The maximum atomic E-state index is 14.3.